The van der Waals surface area contributed by atoms with Crippen LogP contribution in [0.2, 0.25) is 0 Å². The number of nitrogens with one attached hydrogen (secondary N) is 1. The number of carbonyl (C=O) groups excluding carboxylic acids is 1. The van der Waals surface area contributed by atoms with Crippen molar-refractivity contribution in [2.75, 3.05) is 26.6 Å². The number of benzene rings is 2. The van der Waals surface area contributed by atoms with Crippen LogP contribution in [0.15, 0.2) is 71.8 Å². The van der Waals surface area contributed by atoms with E-state index in [4.69, 9.17) is 18.9 Å². The maximum atomic E-state index is 15.2. The highest BCUT2D eigenvalue weighted by atomic mass is 19.1. The first-order valence-corrected chi connectivity index (χ1v) is 12.5. The minimum Gasteiger partial charge on any atom is -0.495 e. The largest absolute Gasteiger partial charge is 0.495 e. The fourth-order valence-corrected chi connectivity index (χ4v) is 4.34. The monoisotopic (exact) mass is 574 g/mol. The summed E-state index contributed by atoms with van der Waals surface area (Å²) in [6.07, 6.45) is 2.96. The lowest BCUT2D eigenvalue weighted by Gasteiger charge is -2.15. The van der Waals surface area contributed by atoms with Gasteiger partial charge >= 0.3 is 0 Å². The number of nitrogens with zero attached hydrogens (tertiary/aromatic N) is 3. The van der Waals surface area contributed by atoms with E-state index in [1.165, 1.54) is 80.8 Å². The summed E-state index contributed by atoms with van der Waals surface area (Å²) >= 11 is 0. The van der Waals surface area contributed by atoms with Crippen LogP contribution < -0.4 is 29.8 Å². The highest BCUT2D eigenvalue weighted by Crippen LogP contribution is 2.35. The number of hydrogen-bond acceptors (Lipinski definition) is 8. The Morgan fingerprint density at radius 3 is 2.33 bits per heavy atom. The van der Waals surface area contributed by atoms with Gasteiger partial charge in [-0.3, -0.25) is 19.1 Å². The molecule has 1 N–H and O–H groups in total. The zero-order valence-corrected chi connectivity index (χ0v) is 22.9. The summed E-state index contributed by atoms with van der Waals surface area (Å²) in [5.41, 5.74) is 0.637. The fourth-order valence-electron chi connectivity index (χ4n) is 4.34. The maximum Gasteiger partial charge on any atom is 0.271 e. The van der Waals surface area contributed by atoms with Crippen LogP contribution in [0.4, 0.5) is 14.5 Å². The molecule has 12 heteroatoms. The van der Waals surface area contributed by atoms with E-state index in [0.717, 1.165) is 6.07 Å². The summed E-state index contributed by atoms with van der Waals surface area (Å²) in [5, 5.41) is 2.54. The molecule has 1 amide bonds. The lowest BCUT2D eigenvalue weighted by atomic mass is 10.1. The van der Waals surface area contributed by atoms with Gasteiger partial charge in [0.15, 0.2) is 23.1 Å². The number of pyridine rings is 3. The molecule has 0 saturated heterocycles. The maximum absolute atomic E-state index is 15.2. The van der Waals surface area contributed by atoms with Crippen molar-refractivity contribution in [3.05, 3.63) is 100 Å². The van der Waals surface area contributed by atoms with Gasteiger partial charge in [-0.2, -0.15) is 0 Å². The van der Waals surface area contributed by atoms with Crippen molar-refractivity contribution < 1.29 is 32.5 Å². The van der Waals surface area contributed by atoms with Crippen molar-refractivity contribution in [2.45, 2.75) is 6.92 Å². The predicted octanol–water partition coefficient (Wildman–Crippen LogP) is 5.44. The molecular formula is C30H24F2N4O6. The average Bonchev–Trinajstić information content (AvgIpc) is 2.99. The average molecular weight is 575 g/mol. The Kier molecular flexibility index (Phi) is 7.69. The second kappa shape index (κ2) is 11.5. The van der Waals surface area contributed by atoms with Crippen LogP contribution in [-0.2, 0) is 0 Å². The molecule has 42 heavy (non-hydrogen) atoms. The Labute approximate surface area is 238 Å². The molecule has 0 bridgehead atoms. The molecule has 0 aliphatic rings. The molecular weight excluding hydrogens is 550 g/mol. The van der Waals surface area contributed by atoms with Crippen molar-refractivity contribution in [2.24, 2.45) is 0 Å². The number of carbonyl (C=O) groups is 1. The number of ether oxygens (including phenoxy) is 4. The predicted molar refractivity (Wildman–Crippen MR) is 150 cm³/mol. The van der Waals surface area contributed by atoms with Crippen LogP contribution in [0.5, 0.6) is 28.9 Å². The molecule has 0 spiro atoms. The molecule has 10 nitrogen and oxygen atoms in total. The zero-order chi connectivity index (χ0) is 30.0. The van der Waals surface area contributed by atoms with Crippen LogP contribution in [0.3, 0.4) is 0 Å². The normalized spacial score (nSPS) is 10.8. The number of methoxy groups -OCH3 is 3. The SMILES string of the molecule is COc1cc2nccc(Oc3ccc(NC(=O)c4c(OC)c(C)cn(-c5ccc(F)cc5)c4=O)cc3F)c2nc1OC. The first kappa shape index (κ1) is 28.0. The highest BCUT2D eigenvalue weighted by molar-refractivity contribution is 6.06. The Morgan fingerprint density at radius 1 is 0.905 bits per heavy atom. The lowest BCUT2D eigenvalue weighted by Crippen LogP contribution is -2.29. The molecule has 3 aromatic heterocycles. The molecule has 0 atom stereocenters. The van der Waals surface area contributed by atoms with Gasteiger partial charge in [-0.15, -0.1) is 0 Å². The van der Waals surface area contributed by atoms with Gasteiger partial charge in [0.05, 0.1) is 26.8 Å². The quantitative estimate of drug-likeness (QED) is 0.261. The molecule has 0 aliphatic heterocycles. The first-order valence-electron chi connectivity index (χ1n) is 12.5. The molecule has 0 radical (unpaired) electrons. The van der Waals surface area contributed by atoms with E-state index in [2.05, 4.69) is 15.3 Å². The van der Waals surface area contributed by atoms with Crippen molar-refractivity contribution >= 4 is 22.6 Å². The first-order chi connectivity index (χ1) is 20.2. The molecule has 214 valence electrons. The summed E-state index contributed by atoms with van der Waals surface area (Å²) in [7, 11) is 4.23. The fraction of sp³-hybridized carbons (Fsp3) is 0.133. The van der Waals surface area contributed by atoms with Crippen LogP contribution in [0.25, 0.3) is 16.7 Å². The molecule has 0 saturated carbocycles. The van der Waals surface area contributed by atoms with E-state index in [1.54, 1.807) is 13.0 Å². The molecule has 2 aromatic carbocycles. The third-order valence-electron chi connectivity index (χ3n) is 6.31. The van der Waals surface area contributed by atoms with Gasteiger partial charge in [-0.05, 0) is 43.3 Å². The van der Waals surface area contributed by atoms with E-state index >= 15 is 4.39 Å². The van der Waals surface area contributed by atoms with E-state index in [9.17, 15) is 14.0 Å². The zero-order valence-electron chi connectivity index (χ0n) is 22.9. The van der Waals surface area contributed by atoms with Crippen LogP contribution in [0.1, 0.15) is 15.9 Å². The Morgan fingerprint density at radius 2 is 1.67 bits per heavy atom. The van der Waals surface area contributed by atoms with Gasteiger partial charge in [0.1, 0.15) is 22.6 Å². The summed E-state index contributed by atoms with van der Waals surface area (Å²) in [6.45, 7) is 1.66. The van der Waals surface area contributed by atoms with Crippen LogP contribution in [0, 0.1) is 18.6 Å². The molecule has 0 fully saturated rings. The number of amides is 1. The topological polar surface area (TPSA) is 114 Å². The highest BCUT2D eigenvalue weighted by Gasteiger charge is 2.23. The van der Waals surface area contributed by atoms with Crippen molar-refractivity contribution in [1.82, 2.24) is 14.5 Å². The second-order valence-electron chi connectivity index (χ2n) is 8.95. The van der Waals surface area contributed by atoms with E-state index in [0.29, 0.717) is 28.0 Å². The summed E-state index contributed by atoms with van der Waals surface area (Å²) in [5.74, 6) is -1.40. The third kappa shape index (κ3) is 5.29. The van der Waals surface area contributed by atoms with Crippen molar-refractivity contribution in [1.29, 1.82) is 0 Å². The van der Waals surface area contributed by atoms with Gasteiger partial charge in [-0.1, -0.05) is 0 Å². The third-order valence-corrected chi connectivity index (χ3v) is 6.31. The van der Waals surface area contributed by atoms with Gasteiger partial charge < -0.3 is 24.3 Å². The standard InChI is InChI=1S/C30H24F2N4O6/c1-16-15-36(19-8-5-17(31)6-9-19)30(38)25(27(16)40-3)28(37)34-18-7-10-22(20(32)13-18)42-23-11-12-33-21-14-24(39-2)29(41-4)35-26(21)23/h5-15H,1-4H3,(H,34,37). The number of hydrogen-bond donors (Lipinski definition) is 1. The number of anilines is 1. The minimum atomic E-state index is -0.824. The van der Waals surface area contributed by atoms with E-state index in [1.807, 2.05) is 0 Å². The summed E-state index contributed by atoms with van der Waals surface area (Å²) < 4.78 is 51.5. The Balaban J connectivity index is 1.44. The van der Waals surface area contributed by atoms with Crippen molar-refractivity contribution in [3.8, 4) is 34.6 Å². The molecule has 0 aliphatic carbocycles. The molecule has 5 aromatic rings. The molecule has 3 heterocycles. The number of fused-ring (bicyclic) bond motifs is 1. The smallest absolute Gasteiger partial charge is 0.271 e. The van der Waals surface area contributed by atoms with Crippen LogP contribution >= 0.6 is 0 Å². The number of aromatic nitrogens is 3. The lowest BCUT2D eigenvalue weighted by molar-refractivity contribution is 0.102. The van der Waals surface area contributed by atoms with Gasteiger partial charge in [0.25, 0.3) is 17.3 Å². The minimum absolute atomic E-state index is 0.0559. The second-order valence-corrected chi connectivity index (χ2v) is 8.95. The van der Waals surface area contributed by atoms with Crippen molar-refractivity contribution in [3.63, 3.8) is 0 Å². The van der Waals surface area contributed by atoms with Gasteiger partial charge in [0.2, 0.25) is 0 Å². The van der Waals surface area contributed by atoms with Gasteiger partial charge in [0, 0.05) is 47.5 Å². The number of aryl methyl sites for hydroxylation is 1. The molecule has 0 unspecified atom stereocenters. The van der Waals surface area contributed by atoms with Crippen LogP contribution in [-0.4, -0.2) is 41.8 Å². The van der Waals surface area contributed by atoms with E-state index < -0.39 is 23.1 Å². The summed E-state index contributed by atoms with van der Waals surface area (Å²) in [6, 6.07) is 12.1. The summed E-state index contributed by atoms with van der Waals surface area (Å²) in [4.78, 5) is 35.3. The van der Waals surface area contributed by atoms with Gasteiger partial charge in [-0.25, -0.2) is 13.8 Å². The Hall–Kier alpha value is -5.52. The number of rotatable bonds is 8. The molecule has 5 rings (SSSR count). The van der Waals surface area contributed by atoms with E-state index in [-0.39, 0.29) is 34.4 Å². The Bertz CT molecular complexity index is 1880. The number of halogens is 2.